The molecule has 2 atom stereocenters. The quantitative estimate of drug-likeness (QED) is 0.335. The lowest BCUT2D eigenvalue weighted by atomic mass is 9.82. The van der Waals surface area contributed by atoms with Gasteiger partial charge >= 0.3 is 0 Å². The largest absolute Gasteiger partial charge is 0.299 e. The third-order valence-electron chi connectivity index (χ3n) is 2.94. The van der Waals surface area contributed by atoms with E-state index in [1.165, 1.54) is 0 Å². The molecule has 12 heavy (non-hydrogen) atoms. The van der Waals surface area contributed by atoms with Gasteiger partial charge in [-0.3, -0.25) is 4.79 Å². The number of nitrogens with zero attached hydrogens (tertiary/aromatic N) is 3. The van der Waals surface area contributed by atoms with Gasteiger partial charge in [0.1, 0.15) is 5.78 Å². The molecule has 0 bridgehead atoms. The summed E-state index contributed by atoms with van der Waals surface area (Å²) in [7, 11) is 0. The van der Waals surface area contributed by atoms with Crippen molar-refractivity contribution in [1.82, 2.24) is 0 Å². The molecule has 0 amide bonds. The van der Waals surface area contributed by atoms with E-state index in [9.17, 15) is 4.79 Å². The normalized spacial score (nSPS) is 33.1. The van der Waals surface area contributed by atoms with Crippen molar-refractivity contribution in [2.24, 2.45) is 16.4 Å². The zero-order valence-electron chi connectivity index (χ0n) is 7.61. The van der Waals surface area contributed by atoms with Crippen molar-refractivity contribution < 1.29 is 4.79 Å². The summed E-state index contributed by atoms with van der Waals surface area (Å²) in [5.41, 5.74) is 7.89. The van der Waals surface area contributed by atoms with E-state index in [0.29, 0.717) is 12.3 Å². The standard InChI is InChI=1S/C8H13N3O/c1-5-4-6(10-11-9)7(12)8(5,2)3/h5-6H,4H2,1-3H3/t5?,6-/m1/s1. The van der Waals surface area contributed by atoms with Gasteiger partial charge in [-0.1, -0.05) is 25.9 Å². The Labute approximate surface area is 71.6 Å². The summed E-state index contributed by atoms with van der Waals surface area (Å²) in [5.74, 6) is 0.383. The van der Waals surface area contributed by atoms with E-state index < -0.39 is 6.04 Å². The Morgan fingerprint density at radius 3 is 2.58 bits per heavy atom. The van der Waals surface area contributed by atoms with Crippen LogP contribution in [-0.4, -0.2) is 11.8 Å². The van der Waals surface area contributed by atoms with E-state index in [4.69, 9.17) is 5.53 Å². The Balaban J connectivity index is 2.90. The Morgan fingerprint density at radius 1 is 1.67 bits per heavy atom. The maximum absolute atomic E-state index is 11.6. The van der Waals surface area contributed by atoms with Gasteiger partial charge in [-0.15, -0.1) is 0 Å². The lowest BCUT2D eigenvalue weighted by molar-refractivity contribution is -0.126. The smallest absolute Gasteiger partial charge is 0.147 e. The number of carbonyl (C=O) groups is 1. The minimum Gasteiger partial charge on any atom is -0.299 e. The van der Waals surface area contributed by atoms with Crippen LogP contribution in [0.5, 0.6) is 0 Å². The molecule has 1 fully saturated rings. The number of carbonyl (C=O) groups excluding carboxylic acids is 1. The Bertz CT molecular complexity index is 253. The zero-order valence-corrected chi connectivity index (χ0v) is 7.61. The van der Waals surface area contributed by atoms with Gasteiger partial charge in [-0.25, -0.2) is 0 Å². The van der Waals surface area contributed by atoms with Crippen LogP contribution in [0, 0.1) is 11.3 Å². The number of rotatable bonds is 1. The van der Waals surface area contributed by atoms with Crippen molar-refractivity contribution >= 4 is 5.78 Å². The molecule has 1 rings (SSSR count). The van der Waals surface area contributed by atoms with Gasteiger partial charge in [-0.2, -0.15) is 0 Å². The molecule has 0 aromatic carbocycles. The summed E-state index contributed by atoms with van der Waals surface area (Å²) in [6, 6.07) is -0.431. The van der Waals surface area contributed by atoms with Gasteiger partial charge in [0.2, 0.25) is 0 Å². The molecule has 0 spiro atoms. The van der Waals surface area contributed by atoms with Crippen LogP contribution < -0.4 is 0 Å². The second kappa shape index (κ2) is 2.79. The first-order valence-electron chi connectivity index (χ1n) is 4.08. The second-order valence-corrected chi connectivity index (χ2v) is 3.94. The molecule has 1 unspecified atom stereocenters. The highest BCUT2D eigenvalue weighted by Gasteiger charge is 2.45. The van der Waals surface area contributed by atoms with Crippen LogP contribution in [0.25, 0.3) is 10.4 Å². The van der Waals surface area contributed by atoms with E-state index >= 15 is 0 Å². The van der Waals surface area contributed by atoms with E-state index in [0.717, 1.165) is 0 Å². The fraction of sp³-hybridized carbons (Fsp3) is 0.875. The molecule has 1 aliphatic rings. The van der Waals surface area contributed by atoms with Gasteiger partial charge < -0.3 is 0 Å². The molecule has 1 saturated carbocycles. The first-order chi connectivity index (χ1) is 5.50. The van der Waals surface area contributed by atoms with Gasteiger partial charge in [-0.05, 0) is 17.9 Å². The molecule has 0 aromatic heterocycles. The van der Waals surface area contributed by atoms with Crippen molar-refractivity contribution in [3.8, 4) is 0 Å². The second-order valence-electron chi connectivity index (χ2n) is 3.94. The first-order valence-corrected chi connectivity index (χ1v) is 4.08. The molecular formula is C8H13N3O. The van der Waals surface area contributed by atoms with Crippen molar-refractivity contribution in [1.29, 1.82) is 0 Å². The van der Waals surface area contributed by atoms with Gasteiger partial charge in [0, 0.05) is 10.3 Å². The lowest BCUT2D eigenvalue weighted by Crippen LogP contribution is -2.26. The molecule has 0 heterocycles. The third-order valence-corrected chi connectivity index (χ3v) is 2.94. The van der Waals surface area contributed by atoms with Gasteiger partial charge in [0.15, 0.2) is 0 Å². The van der Waals surface area contributed by atoms with Crippen LogP contribution in [0.4, 0.5) is 0 Å². The minimum absolute atomic E-state index is 0.0767. The monoisotopic (exact) mass is 167 g/mol. The summed E-state index contributed by atoms with van der Waals surface area (Å²) >= 11 is 0. The van der Waals surface area contributed by atoms with Crippen LogP contribution >= 0.6 is 0 Å². The van der Waals surface area contributed by atoms with Crippen molar-refractivity contribution in [2.45, 2.75) is 33.2 Å². The van der Waals surface area contributed by atoms with Crippen LogP contribution in [0.2, 0.25) is 0 Å². The third kappa shape index (κ3) is 1.18. The highest BCUT2D eigenvalue weighted by atomic mass is 16.1. The van der Waals surface area contributed by atoms with Crippen LogP contribution in [0.1, 0.15) is 27.2 Å². The predicted octanol–water partition coefficient (Wildman–Crippen LogP) is 2.30. The zero-order chi connectivity index (χ0) is 9.35. The van der Waals surface area contributed by atoms with E-state index in [1.807, 2.05) is 20.8 Å². The Morgan fingerprint density at radius 2 is 2.25 bits per heavy atom. The molecule has 4 heteroatoms. The highest BCUT2D eigenvalue weighted by Crippen LogP contribution is 2.40. The van der Waals surface area contributed by atoms with Crippen molar-refractivity contribution in [3.63, 3.8) is 0 Å². The summed E-state index contributed by atoms with van der Waals surface area (Å²) in [5, 5.41) is 3.48. The minimum atomic E-state index is -0.431. The average Bonchev–Trinajstić information content (AvgIpc) is 2.17. The number of hydrogen-bond donors (Lipinski definition) is 0. The topological polar surface area (TPSA) is 65.8 Å². The number of Topliss-reactive ketones (excluding diaryl/α,β-unsaturated/α-hetero) is 1. The maximum Gasteiger partial charge on any atom is 0.147 e. The number of hydrogen-bond acceptors (Lipinski definition) is 2. The molecule has 0 radical (unpaired) electrons. The molecule has 0 N–H and O–H groups in total. The molecule has 4 nitrogen and oxygen atoms in total. The average molecular weight is 167 g/mol. The number of azide groups is 1. The SMILES string of the molecule is CC1C[C@@H](N=[N+]=[N-])C(=O)C1(C)C. The van der Waals surface area contributed by atoms with E-state index in [1.54, 1.807) is 0 Å². The Hall–Kier alpha value is -1.02. The van der Waals surface area contributed by atoms with Crippen molar-refractivity contribution in [2.75, 3.05) is 0 Å². The molecule has 0 saturated heterocycles. The number of ketones is 1. The molecule has 66 valence electrons. The molecular weight excluding hydrogens is 154 g/mol. The van der Waals surface area contributed by atoms with Crippen LogP contribution in [-0.2, 0) is 4.79 Å². The first kappa shape index (κ1) is 9.07. The summed E-state index contributed by atoms with van der Waals surface area (Å²) < 4.78 is 0. The predicted molar refractivity (Wildman–Crippen MR) is 45.5 cm³/mol. The van der Waals surface area contributed by atoms with Gasteiger partial charge in [0.05, 0.1) is 6.04 Å². The van der Waals surface area contributed by atoms with E-state index in [-0.39, 0.29) is 11.2 Å². The van der Waals surface area contributed by atoms with Crippen LogP contribution in [0.3, 0.4) is 0 Å². The lowest BCUT2D eigenvalue weighted by Gasteiger charge is -2.20. The fourth-order valence-electron chi connectivity index (χ4n) is 1.57. The molecule has 0 aliphatic heterocycles. The van der Waals surface area contributed by atoms with Crippen LogP contribution in [0.15, 0.2) is 5.11 Å². The Kier molecular flexibility index (Phi) is 2.11. The molecule has 1 aliphatic carbocycles. The van der Waals surface area contributed by atoms with Gasteiger partial charge in [0.25, 0.3) is 0 Å². The van der Waals surface area contributed by atoms with Crippen molar-refractivity contribution in [3.05, 3.63) is 10.4 Å². The summed E-state index contributed by atoms with van der Waals surface area (Å²) in [6.45, 7) is 5.84. The van der Waals surface area contributed by atoms with E-state index in [2.05, 4.69) is 10.0 Å². The summed E-state index contributed by atoms with van der Waals surface area (Å²) in [6.07, 6.45) is 0.690. The highest BCUT2D eigenvalue weighted by molar-refractivity contribution is 5.91. The maximum atomic E-state index is 11.6. The summed E-state index contributed by atoms with van der Waals surface area (Å²) in [4.78, 5) is 14.2. The molecule has 0 aromatic rings. The fourth-order valence-corrected chi connectivity index (χ4v) is 1.57.